The Morgan fingerprint density at radius 2 is 1.53 bits per heavy atom. The van der Waals surface area contributed by atoms with Crippen LogP contribution in [0.3, 0.4) is 0 Å². The first kappa shape index (κ1) is 14.4. The van der Waals surface area contributed by atoms with Crippen molar-refractivity contribution in [3.05, 3.63) is 57.0 Å². The molecule has 0 saturated heterocycles. The average Bonchev–Trinajstić information content (AvgIpc) is 2.33. The second-order valence-corrected chi connectivity index (χ2v) is 5.52. The fraction of sp³-hybridized carbons (Fsp3) is 0. The summed E-state index contributed by atoms with van der Waals surface area (Å²) in [6.07, 6.45) is 0. The normalized spacial score (nSPS) is 10.3. The largest absolute Gasteiger partial charge is 0.389 e. The van der Waals surface area contributed by atoms with Crippen LogP contribution in [0, 0.1) is 0 Å². The molecule has 98 valence electrons. The highest BCUT2D eigenvalue weighted by Gasteiger charge is 2.08. The third-order valence-corrected chi connectivity index (χ3v) is 3.46. The van der Waals surface area contributed by atoms with Gasteiger partial charge in [-0.1, -0.05) is 47.0 Å². The van der Waals surface area contributed by atoms with Crippen LogP contribution in [-0.2, 0) is 0 Å². The number of hydrogen-bond donors (Lipinski definition) is 2. The third kappa shape index (κ3) is 3.51. The van der Waals surface area contributed by atoms with Gasteiger partial charge in [-0.3, -0.25) is 0 Å². The summed E-state index contributed by atoms with van der Waals surface area (Å²) in [5.74, 6) is 0. The van der Waals surface area contributed by atoms with Crippen molar-refractivity contribution in [2.75, 3.05) is 5.32 Å². The van der Waals surface area contributed by atoms with E-state index < -0.39 is 0 Å². The van der Waals surface area contributed by atoms with Crippen LogP contribution < -0.4 is 11.1 Å². The molecule has 2 aromatic carbocycles. The molecule has 0 radical (unpaired) electrons. The number of halogens is 3. The fourth-order valence-corrected chi connectivity index (χ4v) is 2.26. The van der Waals surface area contributed by atoms with Gasteiger partial charge in [-0.15, -0.1) is 0 Å². The molecule has 0 aliphatic heterocycles. The molecule has 0 aliphatic rings. The first-order valence-electron chi connectivity index (χ1n) is 5.29. The lowest BCUT2D eigenvalue weighted by Gasteiger charge is -2.13. The van der Waals surface area contributed by atoms with Crippen molar-refractivity contribution >= 4 is 63.4 Å². The predicted octanol–water partition coefficient (Wildman–Crippen LogP) is 5.02. The maximum atomic E-state index is 6.10. The van der Waals surface area contributed by atoms with Crippen LogP contribution >= 0.6 is 47.0 Å². The molecule has 0 aromatic heterocycles. The highest BCUT2D eigenvalue weighted by Crippen LogP contribution is 2.31. The highest BCUT2D eigenvalue weighted by atomic mass is 35.5. The van der Waals surface area contributed by atoms with E-state index in [9.17, 15) is 0 Å². The number of nitrogens with one attached hydrogen (secondary N) is 1. The van der Waals surface area contributed by atoms with E-state index in [1.54, 1.807) is 36.4 Å². The number of anilines is 2. The molecule has 6 heteroatoms. The monoisotopic (exact) mass is 330 g/mol. The van der Waals surface area contributed by atoms with Gasteiger partial charge in [0, 0.05) is 15.6 Å². The molecule has 0 atom stereocenters. The van der Waals surface area contributed by atoms with Gasteiger partial charge in [0.15, 0.2) is 0 Å². The number of hydrogen-bond acceptors (Lipinski definition) is 2. The molecular weight excluding hydrogens is 323 g/mol. The first-order valence-corrected chi connectivity index (χ1v) is 6.83. The van der Waals surface area contributed by atoms with Crippen molar-refractivity contribution in [1.29, 1.82) is 0 Å². The van der Waals surface area contributed by atoms with Crippen LogP contribution in [-0.4, -0.2) is 4.99 Å². The summed E-state index contributed by atoms with van der Waals surface area (Å²) in [5, 5.41) is 4.82. The minimum absolute atomic E-state index is 0.275. The molecule has 0 bridgehead atoms. The lowest BCUT2D eigenvalue weighted by molar-refractivity contribution is 1.52. The summed E-state index contributed by atoms with van der Waals surface area (Å²) in [7, 11) is 0. The average molecular weight is 332 g/mol. The van der Waals surface area contributed by atoms with Gasteiger partial charge >= 0.3 is 0 Å². The van der Waals surface area contributed by atoms with Gasteiger partial charge in [0.25, 0.3) is 0 Å². The third-order valence-electron chi connectivity index (χ3n) is 2.44. The minimum atomic E-state index is 0.275. The van der Waals surface area contributed by atoms with E-state index in [1.165, 1.54) is 0 Å². The standard InChI is InChI=1S/C13H9Cl3N2S/c14-7-1-3-9(13(17)19)11(5-7)18-12-6-8(15)2-4-10(12)16/h1-6,18H,(H2,17,19). The number of rotatable bonds is 3. The Balaban J connectivity index is 2.45. The van der Waals surface area contributed by atoms with E-state index in [2.05, 4.69) is 5.32 Å². The van der Waals surface area contributed by atoms with Crippen molar-refractivity contribution in [3.8, 4) is 0 Å². The zero-order chi connectivity index (χ0) is 14.0. The van der Waals surface area contributed by atoms with Crippen molar-refractivity contribution in [1.82, 2.24) is 0 Å². The summed E-state index contributed by atoms with van der Waals surface area (Å²) >= 11 is 23.0. The molecule has 0 spiro atoms. The van der Waals surface area contributed by atoms with E-state index in [0.717, 1.165) is 0 Å². The van der Waals surface area contributed by atoms with Gasteiger partial charge in [-0.25, -0.2) is 0 Å². The second-order valence-electron chi connectivity index (χ2n) is 3.80. The summed E-state index contributed by atoms with van der Waals surface area (Å²) < 4.78 is 0. The molecule has 0 amide bonds. The maximum absolute atomic E-state index is 6.10. The SMILES string of the molecule is NC(=S)c1ccc(Cl)cc1Nc1cc(Cl)ccc1Cl. The van der Waals surface area contributed by atoms with E-state index in [1.807, 2.05) is 0 Å². The predicted molar refractivity (Wildman–Crippen MR) is 87.1 cm³/mol. The molecule has 0 saturated carbocycles. The lowest BCUT2D eigenvalue weighted by atomic mass is 10.1. The van der Waals surface area contributed by atoms with E-state index >= 15 is 0 Å². The van der Waals surface area contributed by atoms with Gasteiger partial charge in [0.2, 0.25) is 0 Å². The molecule has 2 aromatic rings. The second kappa shape index (κ2) is 5.97. The van der Waals surface area contributed by atoms with Crippen LogP contribution in [0.4, 0.5) is 11.4 Å². The smallest absolute Gasteiger partial charge is 0.106 e. The van der Waals surface area contributed by atoms with Crippen LogP contribution in [0.2, 0.25) is 15.1 Å². The Labute approximate surface area is 131 Å². The van der Waals surface area contributed by atoms with Crippen molar-refractivity contribution in [2.45, 2.75) is 0 Å². The van der Waals surface area contributed by atoms with Crippen molar-refractivity contribution in [2.24, 2.45) is 5.73 Å². The zero-order valence-electron chi connectivity index (χ0n) is 9.58. The Morgan fingerprint density at radius 1 is 0.947 bits per heavy atom. The maximum Gasteiger partial charge on any atom is 0.106 e. The van der Waals surface area contributed by atoms with Crippen LogP contribution in [0.15, 0.2) is 36.4 Å². The minimum Gasteiger partial charge on any atom is -0.389 e. The number of nitrogens with two attached hydrogens (primary N) is 1. The highest BCUT2D eigenvalue weighted by molar-refractivity contribution is 7.80. The molecule has 2 nitrogen and oxygen atoms in total. The van der Waals surface area contributed by atoms with Gasteiger partial charge in [-0.2, -0.15) is 0 Å². The summed E-state index contributed by atoms with van der Waals surface area (Å²) in [6, 6.07) is 10.3. The molecule has 0 aliphatic carbocycles. The molecule has 0 unspecified atom stereocenters. The van der Waals surface area contributed by atoms with Crippen molar-refractivity contribution in [3.63, 3.8) is 0 Å². The quantitative estimate of drug-likeness (QED) is 0.775. The van der Waals surface area contributed by atoms with Gasteiger partial charge in [-0.05, 0) is 36.4 Å². The molecular formula is C13H9Cl3N2S. The van der Waals surface area contributed by atoms with Crippen LogP contribution in [0.25, 0.3) is 0 Å². The van der Waals surface area contributed by atoms with Crippen LogP contribution in [0.1, 0.15) is 5.56 Å². The fourth-order valence-electron chi connectivity index (χ4n) is 1.57. The first-order chi connectivity index (χ1) is 8.97. The summed E-state index contributed by atoms with van der Waals surface area (Å²) in [5.41, 5.74) is 7.71. The van der Waals surface area contributed by atoms with E-state index in [4.69, 9.17) is 52.8 Å². The molecule has 2 rings (SSSR count). The Kier molecular flexibility index (Phi) is 4.53. The van der Waals surface area contributed by atoms with Gasteiger partial charge in [0.1, 0.15) is 4.99 Å². The zero-order valence-corrected chi connectivity index (χ0v) is 12.7. The van der Waals surface area contributed by atoms with Crippen molar-refractivity contribution < 1.29 is 0 Å². The number of benzene rings is 2. The molecule has 0 heterocycles. The molecule has 3 N–H and O–H groups in total. The van der Waals surface area contributed by atoms with Crippen LogP contribution in [0.5, 0.6) is 0 Å². The van der Waals surface area contributed by atoms with Gasteiger partial charge in [0.05, 0.1) is 16.4 Å². The lowest BCUT2D eigenvalue weighted by Crippen LogP contribution is -2.11. The summed E-state index contributed by atoms with van der Waals surface area (Å²) in [6.45, 7) is 0. The Bertz CT molecular complexity index is 644. The van der Waals surface area contributed by atoms with E-state index in [-0.39, 0.29) is 4.99 Å². The Morgan fingerprint density at radius 3 is 2.16 bits per heavy atom. The Hall–Kier alpha value is -1.000. The topological polar surface area (TPSA) is 38.0 Å². The summed E-state index contributed by atoms with van der Waals surface area (Å²) in [4.78, 5) is 0.275. The van der Waals surface area contributed by atoms with Gasteiger partial charge < -0.3 is 11.1 Å². The molecule has 19 heavy (non-hydrogen) atoms. The molecule has 0 fully saturated rings. The number of thiocarbonyl (C=S) groups is 1. The van der Waals surface area contributed by atoms with E-state index in [0.29, 0.717) is 32.0 Å².